The molecule has 2 aliphatic heterocycles. The van der Waals surface area contributed by atoms with Crippen molar-refractivity contribution in [2.75, 3.05) is 13.2 Å². The second-order valence-electron chi connectivity index (χ2n) is 9.84. The lowest BCUT2D eigenvalue weighted by molar-refractivity contribution is -0.358. The smallest absolute Gasteiger partial charge is 0.338 e. The molecule has 2 saturated heterocycles. The van der Waals surface area contributed by atoms with Crippen molar-refractivity contribution in [2.24, 2.45) is 22.7 Å². The van der Waals surface area contributed by atoms with Gasteiger partial charge < -0.3 is 45.2 Å². The minimum absolute atomic E-state index is 0.0539. The second-order valence-corrected chi connectivity index (χ2v) is 9.84. The first-order valence-corrected chi connectivity index (χ1v) is 10.2. The van der Waals surface area contributed by atoms with Crippen LogP contribution in [-0.2, 0) is 19.1 Å². The van der Waals surface area contributed by atoms with Crippen LogP contribution in [0, 0.1) is 22.7 Å². The third-order valence-corrected chi connectivity index (χ3v) is 9.15. The summed E-state index contributed by atoms with van der Waals surface area (Å²) >= 11 is 0. The number of fused-ring (bicyclic) bond motifs is 2. The van der Waals surface area contributed by atoms with Crippen molar-refractivity contribution < 1.29 is 54.8 Å². The van der Waals surface area contributed by atoms with E-state index >= 15 is 0 Å². The van der Waals surface area contributed by atoms with Gasteiger partial charge in [0, 0.05) is 11.3 Å². The molecular weight excluding hydrogens is 416 g/mol. The number of ketones is 1. The topological polar surface area (TPSA) is 194 Å². The van der Waals surface area contributed by atoms with Gasteiger partial charge in [0.1, 0.15) is 23.9 Å². The highest BCUT2D eigenvalue weighted by atomic mass is 16.6. The fraction of sp³-hybridized carbons (Fsp3) is 0.800. The third-order valence-electron chi connectivity index (χ3n) is 9.15. The summed E-state index contributed by atoms with van der Waals surface area (Å²) in [6, 6.07) is 0. The molecule has 4 fully saturated rings. The standard InChI is InChI=1S/C20H26O11/c1-6-7-3-8-18-5-30-19(4-21,20(18,29)15(27)16(28)31-8)14(26)11(24)12(18)17(7,2)13(25)10(23)9(6)22/h7-8,11-15,21-22,24-27,29H,3-5H2,1-2H3/t7-,8+,11+,12+,13+,14-,15-,17-,18+,19+,20-/m0/s1. The Morgan fingerprint density at radius 3 is 2.39 bits per heavy atom. The fourth-order valence-electron chi connectivity index (χ4n) is 7.67. The van der Waals surface area contributed by atoms with E-state index in [9.17, 15) is 45.3 Å². The molecule has 2 bridgehead atoms. The Bertz CT molecular complexity index is 917. The van der Waals surface area contributed by atoms with Gasteiger partial charge in [-0.25, -0.2) is 4.79 Å². The number of carbonyl (C=O) groups excluding carboxylic acids is 2. The van der Waals surface area contributed by atoms with E-state index in [-0.39, 0.29) is 12.0 Å². The van der Waals surface area contributed by atoms with Crippen LogP contribution < -0.4 is 0 Å². The molecule has 1 spiro atoms. The van der Waals surface area contributed by atoms with Gasteiger partial charge in [0.2, 0.25) is 5.78 Å². The molecule has 11 atom stereocenters. The average molecular weight is 442 g/mol. The number of hydrogen-bond acceptors (Lipinski definition) is 11. The van der Waals surface area contributed by atoms with Gasteiger partial charge >= 0.3 is 5.97 Å². The van der Waals surface area contributed by atoms with Crippen molar-refractivity contribution in [3.8, 4) is 0 Å². The number of allylic oxidation sites excluding steroid dienone is 1. The molecular formula is C20H26O11. The number of carbonyl (C=O) groups is 2. The summed E-state index contributed by atoms with van der Waals surface area (Å²) in [6.07, 6.45) is -8.95. The Morgan fingerprint density at radius 2 is 1.77 bits per heavy atom. The number of aliphatic hydroxyl groups is 7. The highest BCUT2D eigenvalue weighted by Crippen LogP contribution is 2.73. The number of ether oxygens (including phenoxy) is 2. The van der Waals surface area contributed by atoms with Gasteiger partial charge in [-0.2, -0.15) is 0 Å². The molecule has 0 aromatic heterocycles. The van der Waals surface area contributed by atoms with Crippen LogP contribution in [0.3, 0.4) is 0 Å². The van der Waals surface area contributed by atoms with Crippen LogP contribution in [0.15, 0.2) is 11.3 Å². The van der Waals surface area contributed by atoms with E-state index in [2.05, 4.69) is 0 Å². The monoisotopic (exact) mass is 442 g/mol. The summed E-state index contributed by atoms with van der Waals surface area (Å²) in [5.41, 5.74) is -7.93. The van der Waals surface area contributed by atoms with E-state index in [1.165, 1.54) is 13.8 Å². The van der Waals surface area contributed by atoms with Gasteiger partial charge in [0.05, 0.1) is 24.7 Å². The normalized spacial score (nSPS) is 58.0. The Balaban J connectivity index is 1.84. The Morgan fingerprint density at radius 1 is 1.13 bits per heavy atom. The largest absolute Gasteiger partial charge is 0.504 e. The molecule has 3 aliphatic carbocycles. The van der Waals surface area contributed by atoms with E-state index in [1.807, 2.05) is 0 Å². The first-order chi connectivity index (χ1) is 14.4. The van der Waals surface area contributed by atoms with Gasteiger partial charge in [-0.1, -0.05) is 6.92 Å². The van der Waals surface area contributed by atoms with Gasteiger partial charge in [-0.3, -0.25) is 4.79 Å². The van der Waals surface area contributed by atoms with Crippen molar-refractivity contribution >= 4 is 11.8 Å². The maximum Gasteiger partial charge on any atom is 0.338 e. The van der Waals surface area contributed by atoms with Crippen LogP contribution in [0.25, 0.3) is 0 Å². The molecule has 31 heavy (non-hydrogen) atoms. The molecule has 11 nitrogen and oxygen atoms in total. The van der Waals surface area contributed by atoms with Crippen molar-refractivity contribution in [1.82, 2.24) is 0 Å². The lowest BCUT2D eigenvalue weighted by Gasteiger charge is -2.70. The maximum absolute atomic E-state index is 12.7. The summed E-state index contributed by atoms with van der Waals surface area (Å²) in [7, 11) is 0. The van der Waals surface area contributed by atoms with E-state index in [0.717, 1.165) is 0 Å². The highest BCUT2D eigenvalue weighted by Gasteiger charge is 2.89. The number of esters is 1. The number of Topliss-reactive ketones (excluding diaryl/α,β-unsaturated/α-hetero) is 1. The molecule has 2 saturated carbocycles. The maximum atomic E-state index is 12.7. The first-order valence-electron chi connectivity index (χ1n) is 10.2. The molecule has 0 aromatic rings. The Labute approximate surface area is 176 Å². The summed E-state index contributed by atoms with van der Waals surface area (Å²) in [5.74, 6) is -4.85. The molecule has 0 radical (unpaired) electrons. The zero-order valence-electron chi connectivity index (χ0n) is 16.9. The molecule has 11 heteroatoms. The Hall–Kier alpha value is -1.60. The molecule has 5 rings (SSSR count). The Kier molecular flexibility index (Phi) is 4.01. The van der Waals surface area contributed by atoms with Gasteiger partial charge in [0.15, 0.2) is 17.5 Å². The fourth-order valence-corrected chi connectivity index (χ4v) is 7.67. The molecule has 7 N–H and O–H groups in total. The average Bonchev–Trinajstić information content (AvgIpc) is 2.95. The van der Waals surface area contributed by atoms with E-state index in [4.69, 9.17) is 9.47 Å². The van der Waals surface area contributed by atoms with Crippen LogP contribution in [0.4, 0.5) is 0 Å². The molecule has 2 heterocycles. The molecule has 172 valence electrons. The minimum atomic E-state index is -2.58. The van der Waals surface area contributed by atoms with E-state index in [1.54, 1.807) is 0 Å². The summed E-state index contributed by atoms with van der Waals surface area (Å²) in [4.78, 5) is 25.2. The van der Waals surface area contributed by atoms with Crippen molar-refractivity contribution in [2.45, 2.75) is 62.0 Å². The van der Waals surface area contributed by atoms with Crippen molar-refractivity contribution in [1.29, 1.82) is 0 Å². The zero-order valence-corrected chi connectivity index (χ0v) is 16.9. The predicted octanol–water partition coefficient (Wildman–Crippen LogP) is -3.10. The van der Waals surface area contributed by atoms with Gasteiger partial charge in [-0.15, -0.1) is 0 Å². The van der Waals surface area contributed by atoms with Crippen LogP contribution in [0.1, 0.15) is 20.3 Å². The van der Waals surface area contributed by atoms with E-state index < -0.39 is 95.1 Å². The number of hydrogen-bond donors (Lipinski definition) is 7. The second kappa shape index (κ2) is 5.84. The zero-order chi connectivity index (χ0) is 22.9. The number of rotatable bonds is 1. The molecule has 5 aliphatic rings. The number of aliphatic hydroxyl groups excluding tert-OH is 6. The minimum Gasteiger partial charge on any atom is -0.504 e. The lowest BCUT2D eigenvalue weighted by atomic mass is 9.36. The quantitative estimate of drug-likeness (QED) is 0.203. The highest BCUT2D eigenvalue weighted by molar-refractivity contribution is 5.99. The van der Waals surface area contributed by atoms with E-state index in [0.29, 0.717) is 0 Å². The molecule has 0 unspecified atom stereocenters. The van der Waals surface area contributed by atoms with Gasteiger partial charge in [-0.05, 0) is 24.8 Å². The van der Waals surface area contributed by atoms with Crippen LogP contribution >= 0.6 is 0 Å². The molecule has 0 amide bonds. The van der Waals surface area contributed by atoms with Crippen LogP contribution in [0.5, 0.6) is 0 Å². The van der Waals surface area contributed by atoms with Crippen molar-refractivity contribution in [3.05, 3.63) is 11.3 Å². The first kappa shape index (κ1) is 21.3. The summed E-state index contributed by atoms with van der Waals surface area (Å²) in [6.45, 7) is 1.54. The SMILES string of the molecule is CC1=C(O)C(=O)[C@@H](O)[C@]2(C)[C@H]3[C@@H](O)[C@H](O)[C@@]4(CO)OC[C@@]35[C@@H](C[C@@H]12)OC(=O)[C@H](O)[C@]54O. The molecule has 0 aromatic carbocycles. The lowest BCUT2D eigenvalue weighted by Crippen LogP contribution is -2.87. The van der Waals surface area contributed by atoms with Crippen molar-refractivity contribution in [3.63, 3.8) is 0 Å². The summed E-state index contributed by atoms with van der Waals surface area (Å²) < 4.78 is 11.2. The summed E-state index contributed by atoms with van der Waals surface area (Å²) in [5, 5.41) is 76.3. The van der Waals surface area contributed by atoms with Crippen LogP contribution in [-0.4, -0.2) is 102 Å². The van der Waals surface area contributed by atoms with Gasteiger partial charge in [0.25, 0.3) is 0 Å². The van der Waals surface area contributed by atoms with Crippen LogP contribution in [0.2, 0.25) is 0 Å². The third kappa shape index (κ3) is 1.82. The predicted molar refractivity (Wildman–Crippen MR) is 97.1 cm³/mol.